The second-order valence-electron chi connectivity index (χ2n) is 15.3. The topological polar surface area (TPSA) is 94.1 Å². The summed E-state index contributed by atoms with van der Waals surface area (Å²) in [6.45, 7) is 5.33. The molecule has 0 heterocycles. The van der Waals surface area contributed by atoms with E-state index in [-0.39, 0.29) is 25.8 Å². The molecule has 0 aliphatic carbocycles. The van der Waals surface area contributed by atoms with E-state index in [9.17, 15) is 14.3 Å². The molecule has 0 N–H and O–H groups in total. The Morgan fingerprint density at radius 1 is 0.596 bits per heavy atom. The predicted octanol–water partition coefficient (Wildman–Crippen LogP) is 11.6. The minimum absolute atomic E-state index is 0.0220. The van der Waals surface area contributed by atoms with Crippen molar-refractivity contribution in [3.05, 3.63) is 36.5 Å². The van der Waals surface area contributed by atoms with Crippen molar-refractivity contribution < 1.29 is 37.3 Å². The van der Waals surface area contributed by atoms with Crippen molar-refractivity contribution in [2.75, 3.05) is 54.1 Å². The monoisotopic (exact) mass is 756 g/mol. The minimum atomic E-state index is -4.53. The molecule has 8 nitrogen and oxygen atoms in total. The molecule has 0 aromatic rings. The van der Waals surface area contributed by atoms with Crippen molar-refractivity contribution in [1.82, 2.24) is 0 Å². The Bertz CT molecular complexity index is 931. The molecule has 2 unspecified atom stereocenters. The summed E-state index contributed by atoms with van der Waals surface area (Å²) >= 11 is 0. The van der Waals surface area contributed by atoms with Crippen molar-refractivity contribution in [2.24, 2.45) is 0 Å². The molecular weight excluding hydrogens is 673 g/mol. The lowest BCUT2D eigenvalue weighted by atomic mass is 10.1. The first-order valence-corrected chi connectivity index (χ1v) is 22.7. The summed E-state index contributed by atoms with van der Waals surface area (Å²) in [6, 6.07) is 0. The summed E-state index contributed by atoms with van der Waals surface area (Å²) in [5.74, 6) is -0.347. The molecule has 0 rings (SSSR count). The van der Waals surface area contributed by atoms with Gasteiger partial charge in [-0.1, -0.05) is 140 Å². The number of ether oxygens (including phenoxy) is 2. The number of esters is 1. The smallest absolute Gasteiger partial charge is 0.306 e. The van der Waals surface area contributed by atoms with Crippen LogP contribution in [0.4, 0.5) is 0 Å². The van der Waals surface area contributed by atoms with Gasteiger partial charge in [-0.3, -0.25) is 9.36 Å². The van der Waals surface area contributed by atoms with Gasteiger partial charge in [-0.25, -0.2) is 0 Å². The fourth-order valence-corrected chi connectivity index (χ4v) is 6.28. The molecule has 0 fully saturated rings. The molecule has 0 spiro atoms. The van der Waals surface area contributed by atoms with E-state index in [2.05, 4.69) is 50.3 Å². The van der Waals surface area contributed by atoms with E-state index >= 15 is 0 Å². The molecule has 0 amide bonds. The average Bonchev–Trinajstić information content (AvgIpc) is 3.09. The maximum Gasteiger partial charge on any atom is 0.306 e. The molecule has 0 aliphatic heterocycles. The number of hydrogen-bond donors (Lipinski definition) is 0. The lowest BCUT2D eigenvalue weighted by molar-refractivity contribution is -0.870. The van der Waals surface area contributed by atoms with Gasteiger partial charge in [0.1, 0.15) is 19.3 Å². The molecule has 0 aromatic heterocycles. The Morgan fingerprint density at radius 2 is 1.08 bits per heavy atom. The van der Waals surface area contributed by atoms with Gasteiger partial charge in [0.2, 0.25) is 0 Å². The summed E-state index contributed by atoms with van der Waals surface area (Å²) in [5, 5.41) is 0. The molecule has 0 radical (unpaired) electrons. The number of unbranched alkanes of at least 4 members (excludes halogenated alkanes) is 19. The Morgan fingerprint density at radius 3 is 1.63 bits per heavy atom. The molecule has 0 aromatic carbocycles. The number of quaternary nitrogens is 1. The van der Waals surface area contributed by atoms with E-state index in [1.807, 2.05) is 21.1 Å². The van der Waals surface area contributed by atoms with Crippen LogP contribution in [0, 0.1) is 0 Å². The summed E-state index contributed by atoms with van der Waals surface area (Å²) in [6.07, 6.45) is 41.5. The zero-order valence-corrected chi connectivity index (χ0v) is 35.4. The maximum atomic E-state index is 12.6. The van der Waals surface area contributed by atoms with Gasteiger partial charge < -0.3 is 27.9 Å². The van der Waals surface area contributed by atoms with E-state index in [1.165, 1.54) is 89.9 Å². The summed E-state index contributed by atoms with van der Waals surface area (Å²) in [5.41, 5.74) is 0. The summed E-state index contributed by atoms with van der Waals surface area (Å²) in [7, 11) is 1.34. The van der Waals surface area contributed by atoms with Gasteiger partial charge in [-0.05, 0) is 64.2 Å². The number of allylic oxidation sites excluding steroid dienone is 6. The lowest BCUT2D eigenvalue weighted by Crippen LogP contribution is -2.37. The van der Waals surface area contributed by atoms with Crippen LogP contribution in [0.2, 0.25) is 0 Å². The Kier molecular flexibility index (Phi) is 35.8. The fraction of sp³-hybridized carbons (Fsp3) is 0.837. The molecule has 2 atom stereocenters. The van der Waals surface area contributed by atoms with Gasteiger partial charge in [0, 0.05) is 13.0 Å². The van der Waals surface area contributed by atoms with Gasteiger partial charge >= 0.3 is 5.97 Å². The molecule has 0 bridgehead atoms. The van der Waals surface area contributed by atoms with Gasteiger partial charge in [0.25, 0.3) is 7.82 Å². The first-order chi connectivity index (χ1) is 25.1. The van der Waals surface area contributed by atoms with Crippen LogP contribution in [0.25, 0.3) is 0 Å². The molecular formula is C43H82NO7P. The van der Waals surface area contributed by atoms with Crippen LogP contribution < -0.4 is 4.89 Å². The van der Waals surface area contributed by atoms with Crippen molar-refractivity contribution in [3.8, 4) is 0 Å². The second-order valence-corrected chi connectivity index (χ2v) is 16.8. The van der Waals surface area contributed by atoms with E-state index in [0.29, 0.717) is 24.1 Å². The van der Waals surface area contributed by atoms with Gasteiger partial charge in [0.15, 0.2) is 0 Å². The third-order valence-corrected chi connectivity index (χ3v) is 9.88. The quantitative estimate of drug-likeness (QED) is 0.0203. The van der Waals surface area contributed by atoms with Gasteiger partial charge in [-0.15, -0.1) is 0 Å². The van der Waals surface area contributed by atoms with Crippen LogP contribution in [0.1, 0.15) is 174 Å². The van der Waals surface area contributed by atoms with Crippen molar-refractivity contribution >= 4 is 13.8 Å². The Balaban J connectivity index is 4.29. The van der Waals surface area contributed by atoms with Crippen LogP contribution in [-0.2, 0) is 27.9 Å². The average molecular weight is 756 g/mol. The molecule has 52 heavy (non-hydrogen) atoms. The molecule has 306 valence electrons. The van der Waals surface area contributed by atoms with Gasteiger partial charge in [-0.2, -0.15) is 0 Å². The number of hydrogen-bond acceptors (Lipinski definition) is 7. The highest BCUT2D eigenvalue weighted by Gasteiger charge is 2.20. The van der Waals surface area contributed by atoms with Crippen LogP contribution in [0.15, 0.2) is 36.5 Å². The van der Waals surface area contributed by atoms with Crippen molar-refractivity contribution in [2.45, 2.75) is 180 Å². The third-order valence-electron chi connectivity index (χ3n) is 8.91. The highest BCUT2D eigenvalue weighted by atomic mass is 31.2. The predicted molar refractivity (Wildman–Crippen MR) is 217 cm³/mol. The van der Waals surface area contributed by atoms with E-state index in [0.717, 1.165) is 64.2 Å². The number of carbonyl (C=O) groups is 1. The van der Waals surface area contributed by atoms with Crippen LogP contribution in [-0.4, -0.2) is 70.7 Å². The van der Waals surface area contributed by atoms with Gasteiger partial charge in [0.05, 0.1) is 34.4 Å². The Labute approximate surface area is 321 Å². The zero-order valence-electron chi connectivity index (χ0n) is 34.5. The minimum Gasteiger partial charge on any atom is -0.756 e. The van der Waals surface area contributed by atoms with E-state index in [1.54, 1.807) is 0 Å². The number of rotatable bonds is 39. The van der Waals surface area contributed by atoms with Crippen LogP contribution in [0.5, 0.6) is 0 Å². The normalized spacial score (nSPS) is 14.2. The summed E-state index contributed by atoms with van der Waals surface area (Å²) < 4.78 is 34.5. The lowest BCUT2D eigenvalue weighted by Gasteiger charge is -2.28. The number of carbonyl (C=O) groups excluding carboxylic acids is 1. The molecule has 9 heteroatoms. The molecule has 0 saturated heterocycles. The summed E-state index contributed by atoms with van der Waals surface area (Å²) in [4.78, 5) is 25.0. The molecule has 0 aliphatic rings. The maximum absolute atomic E-state index is 12.6. The zero-order chi connectivity index (χ0) is 38.4. The van der Waals surface area contributed by atoms with Crippen LogP contribution in [0.3, 0.4) is 0 Å². The van der Waals surface area contributed by atoms with Crippen molar-refractivity contribution in [3.63, 3.8) is 0 Å². The number of phosphoric acid groups is 1. The highest BCUT2D eigenvalue weighted by molar-refractivity contribution is 7.45. The number of likely N-dealkylation sites (N-methyl/N-ethyl adjacent to an activating group) is 1. The number of phosphoric ester groups is 1. The first-order valence-electron chi connectivity index (χ1n) is 21.2. The Hall–Kier alpha value is -1.28. The highest BCUT2D eigenvalue weighted by Crippen LogP contribution is 2.38. The fourth-order valence-electron chi connectivity index (χ4n) is 5.56. The largest absolute Gasteiger partial charge is 0.756 e. The molecule has 0 saturated carbocycles. The SMILES string of the molecule is CCCC/C=C\C/C=C\CCCCCCCCOCC(COP(=O)([O-])OCC[N+](C)(C)C)OC(=O)CCCCCCC/C=C\CCCCCCCC. The van der Waals surface area contributed by atoms with E-state index in [4.69, 9.17) is 18.5 Å². The second kappa shape index (κ2) is 36.7. The number of nitrogens with zero attached hydrogens (tertiary/aromatic N) is 1. The third kappa shape index (κ3) is 39.9. The standard InChI is InChI=1S/C43H82NO7P/c1-6-8-10-12-14-16-18-20-22-24-26-28-30-32-34-36-43(45)51-42(41-50-52(46,47)49-39-37-44(3,4)5)40-48-38-35-33-31-29-27-25-23-21-19-17-15-13-11-9-7-2/h13,15,19-22,42H,6-12,14,16-18,23-41H2,1-5H3/b15-13-,21-19-,22-20-. The van der Waals surface area contributed by atoms with Crippen LogP contribution >= 0.6 is 7.82 Å². The van der Waals surface area contributed by atoms with Crippen molar-refractivity contribution in [1.29, 1.82) is 0 Å². The van der Waals surface area contributed by atoms with E-state index < -0.39 is 13.9 Å². The first kappa shape index (κ1) is 50.7.